The molecule has 0 aromatic heterocycles. The van der Waals surface area contributed by atoms with Gasteiger partial charge in [-0.25, -0.2) is 9.59 Å². The van der Waals surface area contributed by atoms with Crippen molar-refractivity contribution in [2.24, 2.45) is 0 Å². The van der Waals surface area contributed by atoms with E-state index in [-0.39, 0.29) is 12.1 Å². The fraction of sp³-hybridized carbons (Fsp3) is 0.600. The van der Waals surface area contributed by atoms with Gasteiger partial charge in [-0.05, 0) is 31.0 Å². The summed E-state index contributed by atoms with van der Waals surface area (Å²) in [4.78, 5) is 21.7. The van der Waals surface area contributed by atoms with Gasteiger partial charge < -0.3 is 30.5 Å². The molecule has 2 aliphatic heterocycles. The number of aliphatic carboxylic acids is 2. The molecule has 0 saturated carbocycles. The summed E-state index contributed by atoms with van der Waals surface area (Å²) in [6.07, 6.45) is -6.97. The summed E-state index contributed by atoms with van der Waals surface area (Å²) in [7, 11) is 0. The average Bonchev–Trinajstić information content (AvgIpc) is 3.45. The first-order valence-corrected chi connectivity index (χ1v) is 10.0. The highest BCUT2D eigenvalue weighted by Gasteiger charge is 2.36. The number of hydrogen-bond donors (Lipinski definition) is 5. The Hall–Kier alpha value is -2.25. The van der Waals surface area contributed by atoms with Crippen molar-refractivity contribution >= 4 is 11.9 Å². The fourth-order valence-electron chi connectivity index (χ4n) is 3.66. The van der Waals surface area contributed by atoms with E-state index in [0.29, 0.717) is 25.3 Å². The molecule has 0 aliphatic carbocycles. The Morgan fingerprint density at radius 1 is 1.09 bits per heavy atom. The van der Waals surface area contributed by atoms with Crippen LogP contribution >= 0.6 is 0 Å². The van der Waals surface area contributed by atoms with Gasteiger partial charge in [0.15, 0.2) is 12.2 Å². The Balaban J connectivity index is 0.000000309. The van der Waals surface area contributed by atoms with Crippen molar-refractivity contribution in [1.29, 1.82) is 0 Å². The Morgan fingerprint density at radius 2 is 1.72 bits per heavy atom. The highest BCUT2D eigenvalue weighted by Crippen LogP contribution is 2.33. The zero-order valence-corrected chi connectivity index (χ0v) is 17.2. The molecule has 3 rings (SSSR count). The van der Waals surface area contributed by atoms with Gasteiger partial charge >= 0.3 is 18.1 Å². The van der Waals surface area contributed by atoms with Gasteiger partial charge in [0.2, 0.25) is 0 Å². The molecule has 2 fully saturated rings. The maximum atomic E-state index is 13.2. The second kappa shape index (κ2) is 11.6. The number of nitrogens with zero attached hydrogens (tertiary/aromatic N) is 1. The molecule has 5 N–H and O–H groups in total. The van der Waals surface area contributed by atoms with Crippen molar-refractivity contribution in [3.63, 3.8) is 0 Å². The zero-order valence-electron chi connectivity index (χ0n) is 17.2. The van der Waals surface area contributed by atoms with Crippen LogP contribution in [0, 0.1) is 0 Å². The number of carboxylic acid groups (broad SMARTS) is 2. The third-order valence-corrected chi connectivity index (χ3v) is 5.36. The summed E-state index contributed by atoms with van der Waals surface area (Å²) < 4.78 is 45.0. The molecule has 12 heteroatoms. The SMILES string of the molecule is FC(F)(F)c1ccccc1CN([C@@H]1CCOC1)[C@H]1CCNC1.O=C(O)[C@H](O)[C@@H](O)C(=O)O. The van der Waals surface area contributed by atoms with Crippen LogP contribution in [0.3, 0.4) is 0 Å². The number of nitrogens with one attached hydrogen (secondary N) is 1. The molecule has 2 heterocycles. The number of rotatable bonds is 7. The van der Waals surface area contributed by atoms with Crippen LogP contribution in [0.25, 0.3) is 0 Å². The molecule has 0 unspecified atom stereocenters. The number of halogens is 3. The molecule has 4 atom stereocenters. The van der Waals surface area contributed by atoms with Crippen molar-refractivity contribution in [3.05, 3.63) is 35.4 Å². The van der Waals surface area contributed by atoms with E-state index in [9.17, 15) is 22.8 Å². The standard InChI is InChI=1S/C16H21F3N2O.C4H6O6/c17-16(18,19)15-4-2-1-3-12(15)10-21(13-5-7-20-9-13)14-6-8-22-11-14;5-1(3(7)8)2(6)4(9)10/h1-4,13-14,20H,5-11H2;1-2,5-6H,(H,7,8)(H,9,10)/t13-,14+;1-,2-/m01/s1. The van der Waals surface area contributed by atoms with Crippen molar-refractivity contribution in [1.82, 2.24) is 10.2 Å². The van der Waals surface area contributed by atoms with Gasteiger partial charge in [-0.2, -0.15) is 13.2 Å². The van der Waals surface area contributed by atoms with Crippen LogP contribution in [0.2, 0.25) is 0 Å². The first kappa shape index (κ1) is 26.0. The minimum absolute atomic E-state index is 0.214. The lowest BCUT2D eigenvalue weighted by Gasteiger charge is -2.34. The smallest absolute Gasteiger partial charge is 0.416 e. The van der Waals surface area contributed by atoms with Crippen molar-refractivity contribution in [2.75, 3.05) is 26.3 Å². The van der Waals surface area contributed by atoms with Gasteiger partial charge in [-0.3, -0.25) is 4.90 Å². The van der Waals surface area contributed by atoms with Gasteiger partial charge in [-0.1, -0.05) is 18.2 Å². The average molecular weight is 464 g/mol. The van der Waals surface area contributed by atoms with E-state index in [1.165, 1.54) is 12.1 Å². The van der Waals surface area contributed by atoms with Gasteiger partial charge in [-0.15, -0.1) is 0 Å². The number of aliphatic hydroxyl groups is 2. The molecule has 1 aromatic carbocycles. The lowest BCUT2D eigenvalue weighted by atomic mass is 10.0. The van der Waals surface area contributed by atoms with E-state index < -0.39 is 35.9 Å². The number of benzene rings is 1. The molecule has 0 radical (unpaired) electrons. The maximum Gasteiger partial charge on any atom is 0.416 e. The Morgan fingerprint density at radius 3 is 2.19 bits per heavy atom. The summed E-state index contributed by atoms with van der Waals surface area (Å²) in [5, 5.41) is 35.8. The van der Waals surface area contributed by atoms with Gasteiger partial charge in [0.05, 0.1) is 12.2 Å². The predicted molar refractivity (Wildman–Crippen MR) is 105 cm³/mol. The van der Waals surface area contributed by atoms with Crippen molar-refractivity contribution in [2.45, 2.75) is 49.9 Å². The number of ether oxygens (including phenoxy) is 1. The molecule has 9 nitrogen and oxygen atoms in total. The minimum atomic E-state index is -4.30. The Kier molecular flexibility index (Phi) is 9.40. The van der Waals surface area contributed by atoms with E-state index in [0.717, 1.165) is 25.9 Å². The molecule has 2 aliphatic rings. The highest BCUT2D eigenvalue weighted by atomic mass is 19.4. The molecule has 0 bridgehead atoms. The van der Waals surface area contributed by atoms with Gasteiger partial charge in [0.1, 0.15) is 0 Å². The normalized spacial score (nSPS) is 22.8. The summed E-state index contributed by atoms with van der Waals surface area (Å²) in [6.45, 7) is 3.41. The van der Waals surface area contributed by atoms with E-state index >= 15 is 0 Å². The second-order valence-corrected chi connectivity index (χ2v) is 7.56. The number of hydrogen-bond acceptors (Lipinski definition) is 7. The third-order valence-electron chi connectivity index (χ3n) is 5.36. The van der Waals surface area contributed by atoms with E-state index in [4.69, 9.17) is 25.2 Å². The van der Waals surface area contributed by atoms with Gasteiger partial charge in [0.25, 0.3) is 0 Å². The third kappa shape index (κ3) is 7.14. The van der Waals surface area contributed by atoms with Crippen molar-refractivity contribution in [3.8, 4) is 0 Å². The maximum absolute atomic E-state index is 13.2. The molecule has 0 spiro atoms. The number of carboxylic acids is 2. The minimum Gasteiger partial charge on any atom is -0.479 e. The summed E-state index contributed by atoms with van der Waals surface area (Å²) in [5.74, 6) is -3.54. The largest absolute Gasteiger partial charge is 0.479 e. The van der Waals surface area contributed by atoms with Crippen LogP contribution in [0.5, 0.6) is 0 Å². The van der Waals surface area contributed by atoms with E-state index in [1.54, 1.807) is 12.1 Å². The number of aliphatic hydroxyl groups excluding tert-OH is 2. The Labute approximate surface area is 182 Å². The topological polar surface area (TPSA) is 140 Å². The van der Waals surface area contributed by atoms with Crippen LogP contribution in [-0.2, 0) is 27.0 Å². The first-order valence-electron chi connectivity index (χ1n) is 10.0. The number of carbonyl (C=O) groups is 2. The van der Waals surface area contributed by atoms with Crippen LogP contribution in [-0.4, -0.2) is 87.9 Å². The first-order chi connectivity index (χ1) is 15.0. The lowest BCUT2D eigenvalue weighted by molar-refractivity contribution is -0.165. The molecule has 180 valence electrons. The van der Waals surface area contributed by atoms with E-state index in [2.05, 4.69) is 10.2 Å². The van der Waals surface area contributed by atoms with Crippen LogP contribution in [0.4, 0.5) is 13.2 Å². The molecular formula is C20H27F3N2O7. The highest BCUT2D eigenvalue weighted by molar-refractivity contribution is 5.83. The monoisotopic (exact) mass is 464 g/mol. The lowest BCUT2D eigenvalue weighted by Crippen LogP contribution is -2.44. The van der Waals surface area contributed by atoms with Crippen LogP contribution in [0.15, 0.2) is 24.3 Å². The van der Waals surface area contributed by atoms with Crippen molar-refractivity contribution < 1.29 is 47.9 Å². The molecule has 0 amide bonds. The predicted octanol–water partition coefficient (Wildman–Crippen LogP) is 0.536. The quantitative estimate of drug-likeness (QED) is 0.391. The summed E-state index contributed by atoms with van der Waals surface area (Å²) in [6, 6.07) is 6.39. The summed E-state index contributed by atoms with van der Waals surface area (Å²) in [5.41, 5.74) is -0.168. The van der Waals surface area contributed by atoms with Gasteiger partial charge in [0, 0.05) is 31.8 Å². The van der Waals surface area contributed by atoms with Crippen LogP contribution in [0.1, 0.15) is 24.0 Å². The number of alkyl halides is 3. The van der Waals surface area contributed by atoms with E-state index in [1.807, 2.05) is 0 Å². The van der Waals surface area contributed by atoms with Crippen LogP contribution < -0.4 is 5.32 Å². The Bertz CT molecular complexity index is 732. The molecule has 2 saturated heterocycles. The molecular weight excluding hydrogens is 437 g/mol. The fourth-order valence-corrected chi connectivity index (χ4v) is 3.66. The zero-order chi connectivity index (χ0) is 23.9. The molecule has 1 aromatic rings. The second-order valence-electron chi connectivity index (χ2n) is 7.56. The molecule has 32 heavy (non-hydrogen) atoms. The summed E-state index contributed by atoms with van der Waals surface area (Å²) >= 11 is 0.